The molecule has 22 heavy (non-hydrogen) atoms. The van der Waals surface area contributed by atoms with Gasteiger partial charge < -0.3 is 9.88 Å². The smallest absolute Gasteiger partial charge is 0.230 e. The fraction of sp³-hybridized carbons (Fsp3) is 0.357. The first kappa shape index (κ1) is 15.0. The van der Waals surface area contributed by atoms with Crippen LogP contribution in [0.4, 0.5) is 8.78 Å². The highest BCUT2D eigenvalue weighted by Gasteiger charge is 2.17. The van der Waals surface area contributed by atoms with Crippen LogP contribution in [0.5, 0.6) is 0 Å². The minimum absolute atomic E-state index is 0.0591. The molecule has 116 valence electrons. The summed E-state index contributed by atoms with van der Waals surface area (Å²) < 4.78 is 28.2. The summed E-state index contributed by atoms with van der Waals surface area (Å²) in [7, 11) is 0. The molecule has 0 saturated carbocycles. The number of carbonyl (C=O) groups excluding carboxylic acids is 1. The number of benzene rings is 1. The molecular weight excluding hydrogens is 310 g/mol. The highest BCUT2D eigenvalue weighted by atomic mass is 32.2. The number of thioether (sulfide) groups is 1. The summed E-state index contributed by atoms with van der Waals surface area (Å²) in [6, 6.07) is 3.30. The molecule has 8 heteroatoms. The van der Waals surface area contributed by atoms with Crippen molar-refractivity contribution >= 4 is 17.7 Å². The first-order valence-electron chi connectivity index (χ1n) is 6.89. The molecule has 1 aromatic heterocycles. The van der Waals surface area contributed by atoms with E-state index in [0.29, 0.717) is 6.54 Å². The molecule has 0 unspecified atom stereocenters. The zero-order valence-corrected chi connectivity index (χ0v) is 12.5. The van der Waals surface area contributed by atoms with Gasteiger partial charge in [-0.3, -0.25) is 4.79 Å². The van der Waals surface area contributed by atoms with Crippen LogP contribution >= 0.6 is 11.8 Å². The average molecular weight is 324 g/mol. The minimum atomic E-state index is -0.659. The number of halogens is 2. The Balaban J connectivity index is 1.50. The number of amides is 1. The number of nitrogens with zero attached hydrogens (tertiary/aromatic N) is 3. The predicted molar refractivity (Wildman–Crippen MR) is 77.3 cm³/mol. The molecule has 1 N–H and O–H groups in total. The monoisotopic (exact) mass is 324 g/mol. The van der Waals surface area contributed by atoms with Gasteiger partial charge in [-0.2, -0.15) is 0 Å². The second kappa shape index (κ2) is 6.43. The van der Waals surface area contributed by atoms with Gasteiger partial charge in [-0.15, -0.1) is 22.0 Å². The van der Waals surface area contributed by atoms with E-state index in [9.17, 15) is 13.6 Å². The quantitative estimate of drug-likeness (QED) is 0.854. The van der Waals surface area contributed by atoms with Crippen molar-refractivity contribution in [2.75, 3.05) is 5.75 Å². The zero-order chi connectivity index (χ0) is 15.5. The summed E-state index contributed by atoms with van der Waals surface area (Å²) in [5, 5.41) is 10.8. The molecule has 0 fully saturated rings. The Hall–Kier alpha value is -1.96. The maximum atomic E-state index is 13.4. The Bertz CT molecular complexity index is 704. The number of rotatable bonds is 5. The van der Waals surface area contributed by atoms with Gasteiger partial charge in [0.1, 0.15) is 17.5 Å². The summed E-state index contributed by atoms with van der Waals surface area (Å²) >= 11 is 1.03. The number of aryl methyl sites for hydroxylation is 1. The lowest BCUT2D eigenvalue weighted by Crippen LogP contribution is -2.26. The van der Waals surface area contributed by atoms with Crippen LogP contribution in [0.3, 0.4) is 0 Å². The van der Waals surface area contributed by atoms with Crippen molar-refractivity contribution in [3.8, 4) is 0 Å². The van der Waals surface area contributed by atoms with Crippen molar-refractivity contribution in [1.82, 2.24) is 20.1 Å². The molecule has 0 radical (unpaired) electrons. The summed E-state index contributed by atoms with van der Waals surface area (Å²) in [6.45, 7) is 1.18. The van der Waals surface area contributed by atoms with Crippen LogP contribution in [0.15, 0.2) is 23.1 Å². The van der Waals surface area contributed by atoms with Crippen LogP contribution in [0.25, 0.3) is 0 Å². The van der Waals surface area contributed by atoms with E-state index in [-0.39, 0.29) is 16.6 Å². The molecule has 1 aliphatic heterocycles. The van der Waals surface area contributed by atoms with Gasteiger partial charge in [-0.1, -0.05) is 0 Å². The Morgan fingerprint density at radius 3 is 3.05 bits per heavy atom. The molecule has 1 aromatic carbocycles. The van der Waals surface area contributed by atoms with E-state index in [1.54, 1.807) is 0 Å². The lowest BCUT2D eigenvalue weighted by atomic mass is 10.3. The summed E-state index contributed by atoms with van der Waals surface area (Å²) in [5.74, 6) is 0.221. The molecule has 0 bridgehead atoms. The van der Waals surface area contributed by atoms with Gasteiger partial charge in [0.2, 0.25) is 5.91 Å². The van der Waals surface area contributed by atoms with Crippen molar-refractivity contribution in [2.45, 2.75) is 30.8 Å². The third-order valence-corrected chi connectivity index (χ3v) is 4.43. The van der Waals surface area contributed by atoms with Crippen LogP contribution < -0.4 is 5.32 Å². The lowest BCUT2D eigenvalue weighted by Gasteiger charge is -2.06. The van der Waals surface area contributed by atoms with E-state index in [1.807, 2.05) is 4.57 Å². The SMILES string of the molecule is O=C(CSc1ccc(F)cc1F)NCc1nnc2n1CCC2. The summed E-state index contributed by atoms with van der Waals surface area (Å²) in [4.78, 5) is 12.1. The van der Waals surface area contributed by atoms with Crippen molar-refractivity contribution in [2.24, 2.45) is 0 Å². The van der Waals surface area contributed by atoms with E-state index in [4.69, 9.17) is 0 Å². The predicted octanol–water partition coefficient (Wildman–Crippen LogP) is 1.91. The van der Waals surface area contributed by atoms with Crippen LogP contribution in [0, 0.1) is 11.6 Å². The third kappa shape index (κ3) is 3.27. The molecule has 1 aliphatic rings. The number of hydrogen-bond donors (Lipinski definition) is 1. The molecule has 2 heterocycles. The van der Waals surface area contributed by atoms with Gasteiger partial charge in [0.25, 0.3) is 0 Å². The molecule has 5 nitrogen and oxygen atoms in total. The maximum Gasteiger partial charge on any atom is 0.230 e. The largest absolute Gasteiger partial charge is 0.348 e. The zero-order valence-electron chi connectivity index (χ0n) is 11.7. The van der Waals surface area contributed by atoms with Crippen molar-refractivity contribution in [1.29, 1.82) is 0 Å². The van der Waals surface area contributed by atoms with E-state index in [0.717, 1.165) is 48.9 Å². The van der Waals surface area contributed by atoms with Gasteiger partial charge in [-0.25, -0.2) is 8.78 Å². The highest BCUT2D eigenvalue weighted by Crippen LogP contribution is 2.22. The van der Waals surface area contributed by atoms with E-state index in [1.165, 1.54) is 12.1 Å². The molecule has 3 rings (SSSR count). The standard InChI is InChI=1S/C14H14F2N4OS/c15-9-3-4-11(10(16)6-9)22-8-14(21)17-7-13-19-18-12-2-1-5-20(12)13/h3-4,6H,1-2,5,7-8H2,(H,17,21). The molecule has 0 aliphatic carbocycles. The van der Waals surface area contributed by atoms with E-state index in [2.05, 4.69) is 15.5 Å². The topological polar surface area (TPSA) is 59.8 Å². The molecule has 1 amide bonds. The number of nitrogens with one attached hydrogen (secondary N) is 1. The van der Waals surface area contributed by atoms with Crippen molar-refractivity contribution in [3.05, 3.63) is 41.5 Å². The number of hydrogen-bond acceptors (Lipinski definition) is 4. The second-order valence-electron chi connectivity index (χ2n) is 4.93. The van der Waals surface area contributed by atoms with Gasteiger partial charge in [0, 0.05) is 23.9 Å². The first-order valence-corrected chi connectivity index (χ1v) is 7.87. The summed E-state index contributed by atoms with van der Waals surface area (Å²) in [5.41, 5.74) is 0. The molecule has 0 spiro atoms. The Labute approximate surface area is 130 Å². The second-order valence-corrected chi connectivity index (χ2v) is 5.94. The number of fused-ring (bicyclic) bond motifs is 1. The van der Waals surface area contributed by atoms with Crippen LogP contribution in [0.1, 0.15) is 18.1 Å². The Morgan fingerprint density at radius 2 is 2.23 bits per heavy atom. The maximum absolute atomic E-state index is 13.4. The Morgan fingerprint density at radius 1 is 1.36 bits per heavy atom. The van der Waals surface area contributed by atoms with Crippen LogP contribution in [0.2, 0.25) is 0 Å². The van der Waals surface area contributed by atoms with Gasteiger partial charge in [0.05, 0.1) is 12.3 Å². The fourth-order valence-electron chi connectivity index (χ4n) is 2.31. The van der Waals surface area contributed by atoms with Crippen molar-refractivity contribution < 1.29 is 13.6 Å². The highest BCUT2D eigenvalue weighted by molar-refractivity contribution is 8.00. The fourth-order valence-corrected chi connectivity index (χ4v) is 3.06. The van der Waals surface area contributed by atoms with Crippen LogP contribution in [-0.4, -0.2) is 26.4 Å². The first-order chi connectivity index (χ1) is 10.6. The van der Waals surface area contributed by atoms with Gasteiger partial charge in [0.15, 0.2) is 5.82 Å². The molecule has 0 atom stereocenters. The molecule has 0 saturated heterocycles. The van der Waals surface area contributed by atoms with Gasteiger partial charge in [-0.05, 0) is 18.6 Å². The minimum Gasteiger partial charge on any atom is -0.348 e. The lowest BCUT2D eigenvalue weighted by molar-refractivity contribution is -0.118. The van der Waals surface area contributed by atoms with E-state index < -0.39 is 11.6 Å². The summed E-state index contributed by atoms with van der Waals surface area (Å²) in [6.07, 6.45) is 1.96. The molecule has 2 aromatic rings. The van der Waals surface area contributed by atoms with E-state index >= 15 is 0 Å². The van der Waals surface area contributed by atoms with Crippen molar-refractivity contribution in [3.63, 3.8) is 0 Å². The normalized spacial score (nSPS) is 13.2. The number of aromatic nitrogens is 3. The van der Waals surface area contributed by atoms with Gasteiger partial charge >= 0.3 is 0 Å². The third-order valence-electron chi connectivity index (χ3n) is 3.38. The molecular formula is C14H14F2N4OS. The number of carbonyl (C=O) groups is 1. The van der Waals surface area contributed by atoms with Crippen LogP contribution in [-0.2, 0) is 24.3 Å². The Kier molecular flexibility index (Phi) is 4.37. The average Bonchev–Trinajstić information content (AvgIpc) is 3.07.